The zero-order valence-electron chi connectivity index (χ0n) is 10.6. The van der Waals surface area contributed by atoms with E-state index in [0.717, 1.165) is 4.47 Å². The van der Waals surface area contributed by atoms with Crippen molar-refractivity contribution in [3.63, 3.8) is 0 Å². The fourth-order valence-electron chi connectivity index (χ4n) is 1.59. The van der Waals surface area contributed by atoms with Crippen LogP contribution in [0.2, 0.25) is 5.02 Å². The normalized spacial score (nSPS) is 10.0. The van der Waals surface area contributed by atoms with Gasteiger partial charge in [-0.25, -0.2) is 9.59 Å². The third kappa shape index (κ3) is 4.21. The van der Waals surface area contributed by atoms with E-state index in [2.05, 4.69) is 26.6 Å². The molecule has 2 aromatic rings. The fourth-order valence-corrected chi connectivity index (χ4v) is 2.06. The summed E-state index contributed by atoms with van der Waals surface area (Å²) in [6.45, 7) is 0. The van der Waals surface area contributed by atoms with Gasteiger partial charge in [-0.2, -0.15) is 0 Å². The highest BCUT2D eigenvalue weighted by Gasteiger charge is 2.10. The van der Waals surface area contributed by atoms with Gasteiger partial charge in [-0.3, -0.25) is 0 Å². The first kappa shape index (κ1) is 15.3. The lowest BCUT2D eigenvalue weighted by molar-refractivity contribution is 0.0697. The highest BCUT2D eigenvalue weighted by atomic mass is 79.9. The van der Waals surface area contributed by atoms with E-state index in [1.54, 1.807) is 24.3 Å². The Bertz CT molecular complexity index is 689. The second-order valence-electron chi connectivity index (χ2n) is 4.09. The molecule has 0 saturated heterocycles. The van der Waals surface area contributed by atoms with Crippen molar-refractivity contribution in [1.29, 1.82) is 0 Å². The quantitative estimate of drug-likeness (QED) is 0.748. The second kappa shape index (κ2) is 6.60. The van der Waals surface area contributed by atoms with Crippen molar-refractivity contribution in [2.24, 2.45) is 0 Å². The Hall–Kier alpha value is -2.05. The van der Waals surface area contributed by atoms with Crippen LogP contribution < -0.4 is 10.6 Å². The third-order valence-corrected chi connectivity index (χ3v) is 3.41. The first-order valence-electron chi connectivity index (χ1n) is 5.82. The molecule has 0 bridgehead atoms. The van der Waals surface area contributed by atoms with Gasteiger partial charge in [0.2, 0.25) is 0 Å². The van der Waals surface area contributed by atoms with Crippen molar-refractivity contribution in [2.45, 2.75) is 0 Å². The SMILES string of the molecule is O=C(Nc1ccc(Br)cc1)Nc1ccc(Cl)c(C(=O)O)c1. The Kier molecular flexibility index (Phi) is 4.82. The van der Waals surface area contributed by atoms with Crippen molar-refractivity contribution in [2.75, 3.05) is 10.6 Å². The van der Waals surface area contributed by atoms with Crippen LogP contribution in [0.4, 0.5) is 16.2 Å². The van der Waals surface area contributed by atoms with Crippen molar-refractivity contribution in [3.8, 4) is 0 Å². The average Bonchev–Trinajstić information content (AvgIpc) is 2.43. The minimum atomic E-state index is -1.16. The Morgan fingerprint density at radius 2 is 1.57 bits per heavy atom. The Morgan fingerprint density at radius 3 is 2.19 bits per heavy atom. The van der Waals surface area contributed by atoms with Gasteiger partial charge in [-0.15, -0.1) is 0 Å². The molecule has 2 rings (SSSR count). The molecule has 0 aliphatic heterocycles. The summed E-state index contributed by atoms with van der Waals surface area (Å²) in [5.41, 5.74) is 0.882. The van der Waals surface area contributed by atoms with Crippen LogP contribution in [0.25, 0.3) is 0 Å². The lowest BCUT2D eigenvalue weighted by atomic mass is 10.2. The lowest BCUT2D eigenvalue weighted by Crippen LogP contribution is -2.19. The van der Waals surface area contributed by atoms with Gasteiger partial charge in [0.1, 0.15) is 0 Å². The monoisotopic (exact) mass is 368 g/mol. The molecule has 0 fully saturated rings. The standard InChI is InChI=1S/C14H10BrClN2O3/c15-8-1-3-9(4-2-8)17-14(21)18-10-5-6-12(16)11(7-10)13(19)20/h1-7H,(H,19,20)(H2,17,18,21). The van der Waals surface area contributed by atoms with E-state index in [4.69, 9.17) is 16.7 Å². The number of hydrogen-bond donors (Lipinski definition) is 3. The summed E-state index contributed by atoms with van der Waals surface area (Å²) in [7, 11) is 0. The van der Waals surface area contributed by atoms with Crippen molar-refractivity contribution < 1.29 is 14.7 Å². The molecular weight excluding hydrogens is 360 g/mol. The topological polar surface area (TPSA) is 78.4 Å². The zero-order chi connectivity index (χ0) is 15.4. The van der Waals surface area contributed by atoms with Crippen LogP contribution in [-0.4, -0.2) is 17.1 Å². The highest BCUT2D eigenvalue weighted by Crippen LogP contribution is 2.21. The van der Waals surface area contributed by atoms with Crippen molar-refractivity contribution in [1.82, 2.24) is 0 Å². The molecule has 0 saturated carbocycles. The number of carboxylic acid groups (broad SMARTS) is 1. The number of carboxylic acids is 1. The van der Waals surface area contributed by atoms with Gasteiger partial charge in [0.25, 0.3) is 0 Å². The Morgan fingerprint density at radius 1 is 1.00 bits per heavy atom. The Labute approximate surface area is 134 Å². The number of urea groups is 1. The van der Waals surface area contributed by atoms with Crippen LogP contribution in [0.3, 0.4) is 0 Å². The summed E-state index contributed by atoms with van der Waals surface area (Å²) in [4.78, 5) is 22.8. The number of rotatable bonds is 3. The summed E-state index contributed by atoms with van der Waals surface area (Å²) < 4.78 is 0.900. The number of hydrogen-bond acceptors (Lipinski definition) is 2. The highest BCUT2D eigenvalue weighted by molar-refractivity contribution is 9.10. The van der Waals surface area contributed by atoms with E-state index in [-0.39, 0.29) is 10.6 Å². The number of carbonyl (C=O) groups is 2. The zero-order valence-corrected chi connectivity index (χ0v) is 12.9. The summed E-state index contributed by atoms with van der Waals surface area (Å²) >= 11 is 9.06. The molecule has 108 valence electrons. The lowest BCUT2D eigenvalue weighted by Gasteiger charge is -2.09. The molecule has 7 heteroatoms. The number of anilines is 2. The molecule has 21 heavy (non-hydrogen) atoms. The maximum absolute atomic E-state index is 11.8. The predicted molar refractivity (Wildman–Crippen MR) is 85.2 cm³/mol. The van der Waals surface area contributed by atoms with Gasteiger partial charge in [0.15, 0.2) is 0 Å². The van der Waals surface area contributed by atoms with Gasteiger partial charge in [-0.05, 0) is 42.5 Å². The van der Waals surface area contributed by atoms with Gasteiger partial charge in [-0.1, -0.05) is 27.5 Å². The number of aromatic carboxylic acids is 1. The van der Waals surface area contributed by atoms with Gasteiger partial charge >= 0.3 is 12.0 Å². The van der Waals surface area contributed by atoms with E-state index in [1.165, 1.54) is 18.2 Å². The smallest absolute Gasteiger partial charge is 0.337 e. The average molecular weight is 370 g/mol. The van der Waals surface area contributed by atoms with Gasteiger partial charge in [0.05, 0.1) is 10.6 Å². The van der Waals surface area contributed by atoms with Crippen molar-refractivity contribution in [3.05, 3.63) is 57.5 Å². The van der Waals surface area contributed by atoms with E-state index >= 15 is 0 Å². The number of nitrogens with one attached hydrogen (secondary N) is 2. The fraction of sp³-hybridized carbons (Fsp3) is 0. The van der Waals surface area contributed by atoms with E-state index in [9.17, 15) is 9.59 Å². The van der Waals surface area contributed by atoms with E-state index in [0.29, 0.717) is 11.4 Å². The van der Waals surface area contributed by atoms with E-state index < -0.39 is 12.0 Å². The molecule has 0 heterocycles. The molecule has 0 spiro atoms. The Balaban J connectivity index is 2.07. The molecule has 5 nitrogen and oxygen atoms in total. The van der Waals surface area contributed by atoms with Crippen LogP contribution in [0.1, 0.15) is 10.4 Å². The molecular formula is C14H10BrClN2O3. The second-order valence-corrected chi connectivity index (χ2v) is 5.41. The van der Waals surface area contributed by atoms with Crippen LogP contribution in [0.15, 0.2) is 46.9 Å². The molecule has 0 aliphatic carbocycles. The van der Waals surface area contributed by atoms with Crippen LogP contribution in [0, 0.1) is 0 Å². The van der Waals surface area contributed by atoms with E-state index in [1.807, 2.05) is 0 Å². The summed E-state index contributed by atoms with van der Waals surface area (Å²) in [5, 5.41) is 14.3. The van der Waals surface area contributed by atoms with Crippen LogP contribution in [0.5, 0.6) is 0 Å². The molecule has 2 aromatic carbocycles. The molecule has 0 aliphatic rings. The largest absolute Gasteiger partial charge is 0.478 e. The molecule has 0 aromatic heterocycles. The van der Waals surface area contributed by atoms with Crippen LogP contribution >= 0.6 is 27.5 Å². The number of benzene rings is 2. The first-order valence-corrected chi connectivity index (χ1v) is 6.99. The summed E-state index contributed by atoms with van der Waals surface area (Å²) in [6, 6.07) is 10.8. The third-order valence-electron chi connectivity index (χ3n) is 2.56. The van der Waals surface area contributed by atoms with Crippen LogP contribution in [-0.2, 0) is 0 Å². The summed E-state index contributed by atoms with van der Waals surface area (Å²) in [6.07, 6.45) is 0. The summed E-state index contributed by atoms with van der Waals surface area (Å²) in [5.74, 6) is -1.16. The maximum Gasteiger partial charge on any atom is 0.337 e. The van der Waals surface area contributed by atoms with Crippen molar-refractivity contribution >= 4 is 50.9 Å². The number of amides is 2. The maximum atomic E-state index is 11.8. The van der Waals surface area contributed by atoms with Gasteiger partial charge < -0.3 is 15.7 Å². The molecule has 0 atom stereocenters. The molecule has 2 amide bonds. The predicted octanol–water partition coefficient (Wildman–Crippen LogP) is 4.44. The number of carbonyl (C=O) groups excluding carboxylic acids is 1. The molecule has 3 N–H and O–H groups in total. The minimum Gasteiger partial charge on any atom is -0.478 e. The molecule has 0 unspecified atom stereocenters. The molecule has 0 radical (unpaired) electrons. The first-order chi connectivity index (χ1) is 9.95. The number of halogens is 2. The minimum absolute atomic E-state index is 0.0712. The van der Waals surface area contributed by atoms with Gasteiger partial charge in [0, 0.05) is 15.8 Å².